The van der Waals surface area contributed by atoms with Crippen molar-refractivity contribution in [3.63, 3.8) is 0 Å². The Kier molecular flexibility index (Phi) is 5.17. The van der Waals surface area contributed by atoms with Crippen LogP contribution in [0.2, 0.25) is 5.02 Å². The lowest BCUT2D eigenvalue weighted by molar-refractivity contribution is 0.169. The van der Waals surface area contributed by atoms with E-state index >= 15 is 0 Å². The molecule has 0 radical (unpaired) electrons. The number of aromatic nitrogens is 2. The number of nitrogens with one attached hydrogen (secondary N) is 1. The van der Waals surface area contributed by atoms with Crippen LogP contribution in [0.5, 0.6) is 0 Å². The summed E-state index contributed by atoms with van der Waals surface area (Å²) in [7, 11) is 0. The van der Waals surface area contributed by atoms with Gasteiger partial charge in [0.25, 0.3) is 0 Å². The molecule has 0 unspecified atom stereocenters. The summed E-state index contributed by atoms with van der Waals surface area (Å²) in [5, 5.41) is 18.3. The number of hydrogen-bond acceptors (Lipinski definition) is 3. The van der Waals surface area contributed by atoms with Gasteiger partial charge in [0.1, 0.15) is 0 Å². The van der Waals surface area contributed by atoms with Gasteiger partial charge in [-0.05, 0) is 25.5 Å². The Morgan fingerprint density at radius 3 is 2.80 bits per heavy atom. The van der Waals surface area contributed by atoms with Gasteiger partial charge in [0, 0.05) is 29.4 Å². The minimum absolute atomic E-state index is 0.214. The van der Waals surface area contributed by atoms with Gasteiger partial charge in [0.15, 0.2) is 0 Å². The van der Waals surface area contributed by atoms with Crippen molar-refractivity contribution in [2.75, 3.05) is 6.54 Å². The van der Waals surface area contributed by atoms with Crippen LogP contribution < -0.4 is 5.32 Å². The van der Waals surface area contributed by atoms with E-state index in [0.717, 1.165) is 17.7 Å². The summed E-state index contributed by atoms with van der Waals surface area (Å²) in [4.78, 5) is 0. The molecule has 0 spiro atoms. The molecule has 2 rings (SSSR count). The SMILES string of the molecule is Cc1cnn(C[C@@H](C)NC[C@H](O)c2ccccc2Cl)c1. The molecule has 108 valence electrons. The largest absolute Gasteiger partial charge is 0.387 e. The van der Waals surface area contributed by atoms with Crippen molar-refractivity contribution >= 4 is 11.6 Å². The Morgan fingerprint density at radius 2 is 2.15 bits per heavy atom. The topological polar surface area (TPSA) is 50.1 Å². The van der Waals surface area contributed by atoms with Crippen LogP contribution in [0.4, 0.5) is 0 Å². The highest BCUT2D eigenvalue weighted by molar-refractivity contribution is 6.31. The molecular weight excluding hydrogens is 274 g/mol. The molecule has 5 heteroatoms. The highest BCUT2D eigenvalue weighted by atomic mass is 35.5. The zero-order valence-electron chi connectivity index (χ0n) is 11.8. The molecule has 0 saturated heterocycles. The summed E-state index contributed by atoms with van der Waals surface area (Å²) >= 11 is 6.07. The maximum absolute atomic E-state index is 10.2. The van der Waals surface area contributed by atoms with E-state index in [1.54, 1.807) is 6.07 Å². The lowest BCUT2D eigenvalue weighted by atomic mass is 10.1. The van der Waals surface area contributed by atoms with Gasteiger partial charge in [-0.1, -0.05) is 29.8 Å². The fourth-order valence-corrected chi connectivity index (χ4v) is 2.34. The number of rotatable bonds is 6. The number of aryl methyl sites for hydroxylation is 1. The van der Waals surface area contributed by atoms with Crippen LogP contribution in [0.25, 0.3) is 0 Å². The van der Waals surface area contributed by atoms with E-state index in [1.807, 2.05) is 42.2 Å². The Labute approximate surface area is 124 Å². The lowest BCUT2D eigenvalue weighted by Gasteiger charge is -2.18. The molecule has 0 amide bonds. The third kappa shape index (κ3) is 4.07. The second kappa shape index (κ2) is 6.88. The smallest absolute Gasteiger partial charge is 0.0928 e. The third-order valence-corrected chi connectivity index (χ3v) is 3.49. The van der Waals surface area contributed by atoms with Crippen LogP contribution in [0.15, 0.2) is 36.7 Å². The standard InChI is InChI=1S/C15H20ClN3O/c1-11-7-18-19(9-11)10-12(2)17-8-15(20)13-5-3-4-6-14(13)16/h3-7,9,12,15,17,20H,8,10H2,1-2H3/t12-,15+/m1/s1. The normalized spacial score (nSPS) is 14.2. The third-order valence-electron chi connectivity index (χ3n) is 3.15. The van der Waals surface area contributed by atoms with Gasteiger partial charge >= 0.3 is 0 Å². The van der Waals surface area contributed by atoms with Crippen molar-refractivity contribution in [1.82, 2.24) is 15.1 Å². The maximum Gasteiger partial charge on any atom is 0.0928 e. The average Bonchev–Trinajstić information content (AvgIpc) is 2.82. The van der Waals surface area contributed by atoms with Crippen molar-refractivity contribution in [1.29, 1.82) is 0 Å². The fourth-order valence-electron chi connectivity index (χ4n) is 2.08. The lowest BCUT2D eigenvalue weighted by Crippen LogP contribution is -2.34. The zero-order chi connectivity index (χ0) is 14.5. The molecule has 1 aromatic carbocycles. The number of benzene rings is 1. The molecule has 0 aliphatic rings. The Morgan fingerprint density at radius 1 is 1.40 bits per heavy atom. The Balaban J connectivity index is 1.84. The number of aliphatic hydroxyl groups is 1. The van der Waals surface area contributed by atoms with Crippen LogP contribution in [-0.4, -0.2) is 27.5 Å². The molecule has 0 aliphatic carbocycles. The van der Waals surface area contributed by atoms with E-state index in [0.29, 0.717) is 11.6 Å². The molecule has 2 N–H and O–H groups in total. The average molecular weight is 294 g/mol. The molecule has 2 atom stereocenters. The van der Waals surface area contributed by atoms with E-state index in [4.69, 9.17) is 11.6 Å². The van der Waals surface area contributed by atoms with Crippen LogP contribution in [-0.2, 0) is 6.54 Å². The van der Waals surface area contributed by atoms with Crippen molar-refractivity contribution < 1.29 is 5.11 Å². The minimum atomic E-state index is -0.606. The van der Waals surface area contributed by atoms with Gasteiger partial charge in [-0.3, -0.25) is 4.68 Å². The second-order valence-electron chi connectivity index (χ2n) is 5.09. The Hall–Kier alpha value is -1.36. The highest BCUT2D eigenvalue weighted by Crippen LogP contribution is 2.21. The predicted molar refractivity (Wildman–Crippen MR) is 80.8 cm³/mol. The van der Waals surface area contributed by atoms with E-state index < -0.39 is 6.10 Å². The second-order valence-corrected chi connectivity index (χ2v) is 5.49. The minimum Gasteiger partial charge on any atom is -0.387 e. The molecule has 0 fully saturated rings. The first kappa shape index (κ1) is 15.0. The van der Waals surface area contributed by atoms with Crippen LogP contribution >= 0.6 is 11.6 Å². The number of nitrogens with zero attached hydrogens (tertiary/aromatic N) is 2. The predicted octanol–water partition coefficient (Wildman–Crippen LogP) is 2.56. The van der Waals surface area contributed by atoms with Crippen molar-refractivity contribution in [3.05, 3.63) is 52.8 Å². The molecule has 0 aliphatic heterocycles. The molecule has 20 heavy (non-hydrogen) atoms. The van der Waals surface area contributed by atoms with Gasteiger partial charge in [0.2, 0.25) is 0 Å². The van der Waals surface area contributed by atoms with Gasteiger partial charge in [-0.2, -0.15) is 5.10 Å². The van der Waals surface area contributed by atoms with E-state index in [2.05, 4.69) is 17.3 Å². The van der Waals surface area contributed by atoms with Crippen molar-refractivity contribution in [3.8, 4) is 0 Å². The first-order valence-electron chi connectivity index (χ1n) is 6.71. The summed E-state index contributed by atoms with van der Waals surface area (Å²) in [5.41, 5.74) is 1.90. The number of aliphatic hydroxyl groups excluding tert-OH is 1. The van der Waals surface area contributed by atoms with E-state index in [-0.39, 0.29) is 6.04 Å². The molecule has 0 bridgehead atoms. The monoisotopic (exact) mass is 293 g/mol. The summed E-state index contributed by atoms with van der Waals surface area (Å²) in [6.07, 6.45) is 3.24. The number of hydrogen-bond donors (Lipinski definition) is 2. The molecular formula is C15H20ClN3O. The molecule has 1 heterocycles. The molecule has 4 nitrogen and oxygen atoms in total. The summed E-state index contributed by atoms with van der Waals surface area (Å²) < 4.78 is 1.90. The highest BCUT2D eigenvalue weighted by Gasteiger charge is 2.12. The molecule has 1 aromatic heterocycles. The van der Waals surface area contributed by atoms with Crippen molar-refractivity contribution in [2.45, 2.75) is 32.5 Å². The first-order valence-corrected chi connectivity index (χ1v) is 7.09. The summed E-state index contributed by atoms with van der Waals surface area (Å²) in [6.45, 7) is 5.31. The zero-order valence-corrected chi connectivity index (χ0v) is 12.5. The molecule has 0 saturated carbocycles. The van der Waals surface area contributed by atoms with Gasteiger partial charge in [-0.25, -0.2) is 0 Å². The fraction of sp³-hybridized carbons (Fsp3) is 0.400. The van der Waals surface area contributed by atoms with Gasteiger partial charge < -0.3 is 10.4 Å². The van der Waals surface area contributed by atoms with E-state index in [1.165, 1.54) is 0 Å². The maximum atomic E-state index is 10.2. The van der Waals surface area contributed by atoms with Gasteiger partial charge in [-0.15, -0.1) is 0 Å². The molecule has 2 aromatic rings. The van der Waals surface area contributed by atoms with Crippen LogP contribution in [0.3, 0.4) is 0 Å². The summed E-state index contributed by atoms with van der Waals surface area (Å²) in [5.74, 6) is 0. The quantitative estimate of drug-likeness (QED) is 0.860. The van der Waals surface area contributed by atoms with Gasteiger partial charge in [0.05, 0.1) is 18.8 Å². The van der Waals surface area contributed by atoms with E-state index in [9.17, 15) is 5.11 Å². The number of halogens is 1. The van der Waals surface area contributed by atoms with Crippen LogP contribution in [0, 0.1) is 6.92 Å². The van der Waals surface area contributed by atoms with Crippen LogP contribution in [0.1, 0.15) is 24.2 Å². The van der Waals surface area contributed by atoms with Crippen molar-refractivity contribution in [2.24, 2.45) is 0 Å². The summed E-state index contributed by atoms with van der Waals surface area (Å²) in [6, 6.07) is 7.58. The Bertz CT molecular complexity index is 556. The first-order chi connectivity index (χ1) is 9.56.